The number of carbonyl (C=O) groups is 5. The first-order valence-electron chi connectivity index (χ1n) is 9.56. The molecule has 0 aliphatic carbocycles. The summed E-state index contributed by atoms with van der Waals surface area (Å²) in [6.45, 7) is 1.59. The number of carboxylic acid groups (broad SMARTS) is 2. The molecule has 0 radical (unpaired) electrons. The van der Waals surface area contributed by atoms with E-state index >= 15 is 0 Å². The normalized spacial score (nSPS) is 12.3. The highest BCUT2D eigenvalue weighted by Gasteiger charge is 2.26. The number of carbonyl (C=O) groups excluding carboxylic acids is 3. The van der Waals surface area contributed by atoms with E-state index in [0.717, 1.165) is 4.47 Å². The topological polar surface area (TPSA) is 159 Å². The summed E-state index contributed by atoms with van der Waals surface area (Å²) in [7, 11) is 0. The molecule has 1 aromatic carbocycles. The average Bonchev–Trinajstić information content (AvgIpc) is 2.69. The summed E-state index contributed by atoms with van der Waals surface area (Å²) in [6.07, 6.45) is -2.06. The number of nitrogens with one attached hydrogen (secondary N) is 2. The summed E-state index contributed by atoms with van der Waals surface area (Å²) < 4.78 is 5.59. The standard InChI is InChI=1S/C20H25BrN2O8/c1-12(24)8-9-15(18(26)27)23-20(30)31-16(19(28)29)7-2-3-10-22-17(25)13-5-4-6-14(21)11-13/h4-6,11,15-16H,2-3,7-10H2,1H3,(H,22,25)(H,23,30)(H,26,27)(H,28,29)/t15-,16-/m0/s1/i21-3. The van der Waals surface area contributed by atoms with Crippen molar-refractivity contribution in [2.45, 2.75) is 51.2 Å². The van der Waals surface area contributed by atoms with Crippen molar-refractivity contribution in [3.05, 3.63) is 34.3 Å². The molecule has 4 N–H and O–H groups in total. The van der Waals surface area contributed by atoms with Gasteiger partial charge < -0.3 is 30.4 Å². The quantitative estimate of drug-likeness (QED) is 0.302. The molecule has 0 aliphatic rings. The number of hydrogen-bond acceptors (Lipinski definition) is 6. The summed E-state index contributed by atoms with van der Waals surface area (Å²) in [4.78, 5) is 57.4. The van der Waals surface area contributed by atoms with Crippen molar-refractivity contribution < 1.29 is 38.9 Å². The molecule has 0 unspecified atom stereocenters. The summed E-state index contributed by atoms with van der Waals surface area (Å²) >= 11 is 3.28. The van der Waals surface area contributed by atoms with Crippen molar-refractivity contribution in [1.82, 2.24) is 10.6 Å². The van der Waals surface area contributed by atoms with Gasteiger partial charge in [0.25, 0.3) is 5.91 Å². The molecule has 0 saturated heterocycles. The predicted octanol–water partition coefficient (Wildman–Crippen LogP) is 2.35. The lowest BCUT2D eigenvalue weighted by molar-refractivity contribution is -0.147. The van der Waals surface area contributed by atoms with Crippen LogP contribution in [0.5, 0.6) is 0 Å². The number of carboxylic acids is 2. The molecule has 0 heterocycles. The zero-order valence-corrected chi connectivity index (χ0v) is 18.5. The fraction of sp³-hybridized carbons (Fsp3) is 0.450. The number of rotatable bonds is 13. The second-order valence-corrected chi connectivity index (χ2v) is 7.69. The summed E-state index contributed by atoms with van der Waals surface area (Å²) in [6, 6.07) is 5.49. The van der Waals surface area contributed by atoms with Crippen LogP contribution in [0.25, 0.3) is 0 Å². The van der Waals surface area contributed by atoms with Gasteiger partial charge in [0.05, 0.1) is 0 Å². The summed E-state index contributed by atoms with van der Waals surface area (Å²) in [5.74, 6) is -3.23. The van der Waals surface area contributed by atoms with E-state index in [1.807, 2.05) is 0 Å². The number of ketones is 1. The number of unbranched alkanes of at least 4 members (excludes halogenated alkanes) is 1. The van der Waals surface area contributed by atoms with Gasteiger partial charge in [-0.1, -0.05) is 22.0 Å². The van der Waals surface area contributed by atoms with Crippen LogP contribution in [0, 0.1) is 0 Å². The Morgan fingerprint density at radius 3 is 2.35 bits per heavy atom. The van der Waals surface area contributed by atoms with Gasteiger partial charge in [0.2, 0.25) is 6.10 Å². The van der Waals surface area contributed by atoms with E-state index in [4.69, 9.17) is 9.84 Å². The smallest absolute Gasteiger partial charge is 0.408 e. The molecule has 0 aliphatic heterocycles. The number of Topliss-reactive ketones (excluding diaryl/α,β-unsaturated/α-hetero) is 1. The monoisotopic (exact) mass is 498 g/mol. The molecular weight excluding hydrogens is 473 g/mol. The van der Waals surface area contributed by atoms with Crippen molar-refractivity contribution in [1.29, 1.82) is 0 Å². The van der Waals surface area contributed by atoms with Gasteiger partial charge >= 0.3 is 18.0 Å². The number of halogens is 1. The molecule has 0 bridgehead atoms. The van der Waals surface area contributed by atoms with Crippen LogP contribution in [0.3, 0.4) is 0 Å². The SMILES string of the molecule is CC(=O)CC[C@H](NC(=O)O[C@@H](CCCCNC(=O)c1cccc([77Br])c1)C(=O)O)C(=O)O. The highest BCUT2D eigenvalue weighted by atomic mass is 76.9. The molecule has 1 rings (SSSR count). The molecule has 2 amide bonds. The van der Waals surface area contributed by atoms with Crippen LogP contribution in [0.1, 0.15) is 49.4 Å². The third kappa shape index (κ3) is 10.6. The van der Waals surface area contributed by atoms with Gasteiger partial charge in [-0.05, 0) is 50.8 Å². The van der Waals surface area contributed by atoms with E-state index in [2.05, 4.69) is 26.6 Å². The number of alkyl carbamates (subject to hydrolysis) is 1. The number of hydrogen-bond donors (Lipinski definition) is 4. The Morgan fingerprint density at radius 2 is 1.77 bits per heavy atom. The minimum atomic E-state index is -1.47. The summed E-state index contributed by atoms with van der Waals surface area (Å²) in [5, 5.41) is 23.1. The van der Waals surface area contributed by atoms with Crippen molar-refractivity contribution in [3.8, 4) is 0 Å². The van der Waals surface area contributed by atoms with E-state index in [9.17, 15) is 29.1 Å². The Bertz CT molecular complexity index is 814. The minimum absolute atomic E-state index is 0.0132. The first-order valence-corrected chi connectivity index (χ1v) is 10.4. The van der Waals surface area contributed by atoms with Gasteiger partial charge in [-0.25, -0.2) is 14.4 Å². The molecular formula is C20H25BrN2O8. The molecule has 2 atom stereocenters. The van der Waals surface area contributed by atoms with E-state index in [0.29, 0.717) is 24.9 Å². The van der Waals surface area contributed by atoms with Crippen molar-refractivity contribution in [2.75, 3.05) is 6.54 Å². The summed E-state index contributed by atoms with van der Waals surface area (Å²) in [5.41, 5.74) is 0.482. The van der Waals surface area contributed by atoms with E-state index in [1.165, 1.54) is 6.92 Å². The molecule has 10 nitrogen and oxygen atoms in total. The molecule has 0 aromatic heterocycles. The number of amides is 2. The van der Waals surface area contributed by atoms with Crippen molar-refractivity contribution >= 4 is 45.7 Å². The maximum absolute atomic E-state index is 12.0. The molecule has 170 valence electrons. The van der Waals surface area contributed by atoms with Crippen LogP contribution in [0.15, 0.2) is 28.7 Å². The van der Waals surface area contributed by atoms with Gasteiger partial charge in [-0.2, -0.15) is 0 Å². The lowest BCUT2D eigenvalue weighted by Gasteiger charge is -2.17. The second-order valence-electron chi connectivity index (χ2n) is 6.77. The van der Waals surface area contributed by atoms with Crippen LogP contribution in [0.2, 0.25) is 0 Å². The molecule has 0 saturated carbocycles. The first kappa shape index (κ1) is 26.1. The van der Waals surface area contributed by atoms with Crippen molar-refractivity contribution in [3.63, 3.8) is 0 Å². The Hall–Kier alpha value is -2.95. The molecule has 11 heteroatoms. The van der Waals surface area contributed by atoms with Gasteiger partial charge in [0.1, 0.15) is 11.8 Å². The maximum Gasteiger partial charge on any atom is 0.408 e. The van der Waals surface area contributed by atoms with Crippen LogP contribution in [-0.4, -0.2) is 58.6 Å². The fourth-order valence-electron chi connectivity index (χ4n) is 2.53. The predicted molar refractivity (Wildman–Crippen MR) is 113 cm³/mol. The maximum atomic E-state index is 12.0. The Kier molecular flexibility index (Phi) is 11.3. The highest BCUT2D eigenvalue weighted by molar-refractivity contribution is 9.10. The second kappa shape index (κ2) is 13.4. The number of benzene rings is 1. The van der Waals surface area contributed by atoms with Crippen LogP contribution < -0.4 is 10.6 Å². The fourth-order valence-corrected chi connectivity index (χ4v) is 2.93. The molecule has 0 fully saturated rings. The Balaban J connectivity index is 2.42. The third-order valence-corrected chi connectivity index (χ3v) is 4.66. The highest BCUT2D eigenvalue weighted by Crippen LogP contribution is 2.12. The van der Waals surface area contributed by atoms with Gasteiger partial charge in [-0.3, -0.25) is 4.79 Å². The number of ether oxygens (including phenoxy) is 1. The molecule has 1 aromatic rings. The van der Waals surface area contributed by atoms with Gasteiger partial charge in [0, 0.05) is 23.0 Å². The average molecular weight is 498 g/mol. The van der Waals surface area contributed by atoms with Crippen LogP contribution in [0.4, 0.5) is 4.79 Å². The number of aliphatic carboxylic acids is 2. The Morgan fingerprint density at radius 1 is 1.06 bits per heavy atom. The zero-order chi connectivity index (χ0) is 23.4. The lowest BCUT2D eigenvalue weighted by atomic mass is 10.1. The Labute approximate surface area is 187 Å². The van der Waals surface area contributed by atoms with Crippen LogP contribution >= 0.6 is 15.9 Å². The third-order valence-electron chi connectivity index (χ3n) is 4.17. The molecule has 31 heavy (non-hydrogen) atoms. The largest absolute Gasteiger partial charge is 0.480 e. The van der Waals surface area contributed by atoms with E-state index in [-0.39, 0.29) is 31.0 Å². The van der Waals surface area contributed by atoms with Gasteiger partial charge in [0.15, 0.2) is 0 Å². The minimum Gasteiger partial charge on any atom is -0.480 e. The first-order chi connectivity index (χ1) is 14.6. The zero-order valence-electron chi connectivity index (χ0n) is 16.9. The van der Waals surface area contributed by atoms with E-state index in [1.54, 1.807) is 24.3 Å². The lowest BCUT2D eigenvalue weighted by Crippen LogP contribution is -2.43. The van der Waals surface area contributed by atoms with Gasteiger partial charge in [-0.15, -0.1) is 0 Å². The van der Waals surface area contributed by atoms with Crippen LogP contribution in [-0.2, 0) is 19.1 Å². The molecule has 0 spiro atoms. The van der Waals surface area contributed by atoms with E-state index < -0.39 is 30.2 Å². The van der Waals surface area contributed by atoms with Crippen molar-refractivity contribution in [2.24, 2.45) is 0 Å².